The molecule has 1 aromatic heterocycles. The Kier molecular flexibility index (Phi) is 3.37. The molecule has 0 saturated carbocycles. The van der Waals surface area contributed by atoms with E-state index in [2.05, 4.69) is 10.3 Å². The summed E-state index contributed by atoms with van der Waals surface area (Å²) in [5.74, 6) is 0.444. The first-order chi connectivity index (χ1) is 7.28. The highest BCUT2D eigenvalue weighted by Gasteiger charge is 2.16. The minimum absolute atomic E-state index is 0.0924. The second-order valence-corrected chi connectivity index (χ2v) is 4.48. The van der Waals surface area contributed by atoms with Crippen LogP contribution in [0.25, 0.3) is 0 Å². The summed E-state index contributed by atoms with van der Waals surface area (Å²) in [5.41, 5.74) is 0.0943. The van der Waals surface area contributed by atoms with E-state index in [4.69, 9.17) is 4.74 Å². The fourth-order valence-corrected chi connectivity index (χ4v) is 1.03. The lowest BCUT2D eigenvalue weighted by molar-refractivity contribution is 0.0635. The van der Waals surface area contributed by atoms with Gasteiger partial charge >= 0.3 is 6.09 Å². The maximum absolute atomic E-state index is 11.4. The van der Waals surface area contributed by atoms with Gasteiger partial charge < -0.3 is 9.84 Å². The number of aromatic nitrogens is 1. The molecule has 0 unspecified atom stereocenters. The Morgan fingerprint density at radius 2 is 2.12 bits per heavy atom. The number of aromatic hydroxyl groups is 1. The lowest BCUT2D eigenvalue weighted by Gasteiger charge is -2.19. The summed E-state index contributed by atoms with van der Waals surface area (Å²) >= 11 is 0. The molecule has 5 nitrogen and oxygen atoms in total. The molecule has 0 bridgehead atoms. The maximum Gasteiger partial charge on any atom is 0.413 e. The van der Waals surface area contributed by atoms with Crippen molar-refractivity contribution in [1.82, 2.24) is 4.98 Å². The molecule has 2 N–H and O–H groups in total. The van der Waals surface area contributed by atoms with Crippen molar-refractivity contribution in [3.8, 4) is 5.75 Å². The highest BCUT2D eigenvalue weighted by molar-refractivity contribution is 5.83. The largest absolute Gasteiger partial charge is 0.506 e. The van der Waals surface area contributed by atoms with Gasteiger partial charge in [0, 0.05) is 0 Å². The lowest BCUT2D eigenvalue weighted by Crippen LogP contribution is -2.27. The number of hydrogen-bond donors (Lipinski definition) is 2. The monoisotopic (exact) mass is 224 g/mol. The minimum atomic E-state index is -0.565. The Balaban J connectivity index is 2.67. The van der Waals surface area contributed by atoms with Gasteiger partial charge in [-0.1, -0.05) is 0 Å². The second-order valence-electron chi connectivity index (χ2n) is 4.48. The molecule has 0 fully saturated rings. The van der Waals surface area contributed by atoms with Gasteiger partial charge in [0.1, 0.15) is 17.2 Å². The molecule has 16 heavy (non-hydrogen) atoms. The first kappa shape index (κ1) is 12.3. The third kappa shape index (κ3) is 3.76. The number of ether oxygens (including phenoxy) is 1. The molecular formula is C11H16N2O3. The van der Waals surface area contributed by atoms with Gasteiger partial charge in [-0.05, 0) is 39.3 Å². The van der Waals surface area contributed by atoms with Gasteiger partial charge in [-0.3, -0.25) is 5.32 Å². The van der Waals surface area contributed by atoms with Crippen LogP contribution in [-0.2, 0) is 4.74 Å². The van der Waals surface area contributed by atoms with Gasteiger partial charge in [-0.2, -0.15) is 0 Å². The van der Waals surface area contributed by atoms with Gasteiger partial charge in [-0.15, -0.1) is 0 Å². The molecule has 1 amide bonds. The molecule has 0 aliphatic carbocycles. The van der Waals surface area contributed by atoms with E-state index in [9.17, 15) is 9.90 Å². The number of aryl methyl sites for hydroxylation is 1. The van der Waals surface area contributed by atoms with Crippen LogP contribution in [0.15, 0.2) is 12.3 Å². The Bertz CT molecular complexity index is 397. The van der Waals surface area contributed by atoms with E-state index in [0.717, 1.165) is 0 Å². The van der Waals surface area contributed by atoms with Crippen LogP contribution < -0.4 is 5.32 Å². The van der Waals surface area contributed by atoms with Gasteiger partial charge in [-0.25, -0.2) is 9.78 Å². The maximum atomic E-state index is 11.4. The topological polar surface area (TPSA) is 71.5 Å². The normalized spacial score (nSPS) is 11.0. The van der Waals surface area contributed by atoms with Crippen molar-refractivity contribution in [3.05, 3.63) is 17.8 Å². The molecule has 0 saturated heterocycles. The van der Waals surface area contributed by atoms with E-state index in [1.165, 1.54) is 6.20 Å². The number of amides is 1. The Labute approximate surface area is 94.5 Å². The number of carbonyl (C=O) groups is 1. The van der Waals surface area contributed by atoms with E-state index in [1.54, 1.807) is 33.8 Å². The van der Waals surface area contributed by atoms with E-state index in [1.807, 2.05) is 0 Å². The van der Waals surface area contributed by atoms with Crippen molar-refractivity contribution in [2.24, 2.45) is 0 Å². The van der Waals surface area contributed by atoms with E-state index < -0.39 is 11.7 Å². The zero-order valence-electron chi connectivity index (χ0n) is 9.87. The van der Waals surface area contributed by atoms with Gasteiger partial charge in [0.15, 0.2) is 0 Å². The van der Waals surface area contributed by atoms with Crippen molar-refractivity contribution in [3.63, 3.8) is 0 Å². The predicted molar refractivity (Wildman–Crippen MR) is 60.5 cm³/mol. The van der Waals surface area contributed by atoms with Crippen molar-refractivity contribution >= 4 is 11.9 Å². The smallest absolute Gasteiger partial charge is 0.413 e. The number of nitrogens with one attached hydrogen (secondary N) is 1. The molecule has 1 heterocycles. The van der Waals surface area contributed by atoms with Crippen molar-refractivity contribution in [2.75, 3.05) is 5.32 Å². The summed E-state index contributed by atoms with van der Waals surface area (Å²) < 4.78 is 5.06. The number of anilines is 1. The molecular weight excluding hydrogens is 208 g/mol. The summed E-state index contributed by atoms with van der Waals surface area (Å²) in [6, 6.07) is 1.57. The molecule has 0 radical (unpaired) electrons. The Morgan fingerprint density at radius 1 is 1.50 bits per heavy atom. The van der Waals surface area contributed by atoms with Gasteiger partial charge in [0.25, 0.3) is 0 Å². The van der Waals surface area contributed by atoms with Gasteiger partial charge in [0.2, 0.25) is 0 Å². The zero-order chi connectivity index (χ0) is 12.3. The van der Waals surface area contributed by atoms with E-state index in [-0.39, 0.29) is 5.75 Å². The summed E-state index contributed by atoms with van der Waals surface area (Å²) in [6.07, 6.45) is 0.715. The molecule has 88 valence electrons. The first-order valence-corrected chi connectivity index (χ1v) is 4.93. The molecule has 0 atom stereocenters. The van der Waals surface area contributed by atoms with Crippen molar-refractivity contribution < 1.29 is 14.6 Å². The van der Waals surface area contributed by atoms with E-state index in [0.29, 0.717) is 11.4 Å². The summed E-state index contributed by atoms with van der Waals surface area (Å²) in [5, 5.41) is 11.7. The SMILES string of the molecule is Cc1cc(NC(=O)OC(C)(C)C)ncc1O. The quantitative estimate of drug-likeness (QED) is 0.768. The number of hydrogen-bond acceptors (Lipinski definition) is 4. The summed E-state index contributed by atoms with van der Waals surface area (Å²) in [6.45, 7) is 7.06. The van der Waals surface area contributed by atoms with E-state index >= 15 is 0 Å². The number of pyridine rings is 1. The first-order valence-electron chi connectivity index (χ1n) is 4.93. The molecule has 1 aromatic rings. The average Bonchev–Trinajstić information content (AvgIpc) is 2.08. The number of nitrogens with zero attached hydrogens (tertiary/aromatic N) is 1. The highest BCUT2D eigenvalue weighted by Crippen LogP contribution is 2.17. The second kappa shape index (κ2) is 4.38. The van der Waals surface area contributed by atoms with Crippen LogP contribution >= 0.6 is 0 Å². The minimum Gasteiger partial charge on any atom is -0.506 e. The molecule has 0 aliphatic rings. The van der Waals surface area contributed by atoms with Crippen molar-refractivity contribution in [2.45, 2.75) is 33.3 Å². The van der Waals surface area contributed by atoms with Crippen molar-refractivity contribution in [1.29, 1.82) is 0 Å². The molecule has 1 rings (SSSR count). The molecule has 0 aromatic carbocycles. The molecule has 0 spiro atoms. The van der Waals surface area contributed by atoms with Crippen LogP contribution in [-0.4, -0.2) is 21.8 Å². The third-order valence-electron chi connectivity index (χ3n) is 1.71. The van der Waals surface area contributed by atoms with Crippen LogP contribution in [0.2, 0.25) is 0 Å². The fraction of sp³-hybridized carbons (Fsp3) is 0.455. The summed E-state index contributed by atoms with van der Waals surface area (Å²) in [4.78, 5) is 15.2. The lowest BCUT2D eigenvalue weighted by atomic mass is 10.2. The predicted octanol–water partition coefficient (Wildman–Crippen LogP) is 2.44. The number of rotatable bonds is 1. The molecule has 0 aliphatic heterocycles. The van der Waals surface area contributed by atoms with Crippen LogP contribution in [0.3, 0.4) is 0 Å². The standard InChI is InChI=1S/C11H16N2O3/c1-7-5-9(12-6-8(7)14)13-10(15)16-11(2,3)4/h5-6,14H,1-4H3,(H,12,13,15). The van der Waals surface area contributed by atoms with Crippen LogP contribution in [0.4, 0.5) is 10.6 Å². The zero-order valence-corrected chi connectivity index (χ0v) is 9.87. The Hall–Kier alpha value is -1.78. The van der Waals surface area contributed by atoms with Crippen LogP contribution in [0.5, 0.6) is 5.75 Å². The van der Waals surface area contributed by atoms with Crippen LogP contribution in [0.1, 0.15) is 26.3 Å². The Morgan fingerprint density at radius 3 is 2.62 bits per heavy atom. The molecule has 5 heteroatoms. The van der Waals surface area contributed by atoms with Crippen LogP contribution in [0, 0.1) is 6.92 Å². The fourth-order valence-electron chi connectivity index (χ4n) is 1.03. The average molecular weight is 224 g/mol. The van der Waals surface area contributed by atoms with Gasteiger partial charge in [0.05, 0.1) is 6.20 Å². The summed E-state index contributed by atoms with van der Waals surface area (Å²) in [7, 11) is 0. The highest BCUT2D eigenvalue weighted by atomic mass is 16.6. The third-order valence-corrected chi connectivity index (χ3v) is 1.71. The number of carbonyl (C=O) groups excluding carboxylic acids is 1.